The molecule has 3 saturated heterocycles. The van der Waals surface area contributed by atoms with Crippen molar-refractivity contribution >= 4 is 41.6 Å². The van der Waals surface area contributed by atoms with Gasteiger partial charge in [-0.25, -0.2) is 0 Å². The van der Waals surface area contributed by atoms with Crippen molar-refractivity contribution in [3.8, 4) is 0 Å². The Morgan fingerprint density at radius 3 is 1.58 bits per heavy atom. The Morgan fingerprint density at radius 1 is 0.744 bits per heavy atom. The molecule has 3 fully saturated rings. The fourth-order valence-corrected chi connectivity index (χ4v) is 12.6. The van der Waals surface area contributed by atoms with Crippen molar-refractivity contribution in [1.29, 1.82) is 0 Å². The van der Waals surface area contributed by atoms with Gasteiger partial charge < -0.3 is 0 Å². The third kappa shape index (κ3) is 10.9. The van der Waals surface area contributed by atoms with Crippen LogP contribution in [0, 0.1) is 5.92 Å². The van der Waals surface area contributed by atoms with Crippen LogP contribution in [0.25, 0.3) is 0 Å². The zero-order chi connectivity index (χ0) is 31.7. The first-order valence-corrected chi connectivity index (χ1v) is 20.3. The minimum atomic E-state index is -3.05. The Morgan fingerprint density at radius 2 is 1.16 bits per heavy atom. The van der Waals surface area contributed by atoms with E-state index in [1.54, 1.807) is 25.7 Å². The van der Waals surface area contributed by atoms with E-state index in [4.69, 9.17) is 40.7 Å². The standard InChI is InChI=1S/C23H49N4O13P3/c1-7-32-41(35-17(4)36-41)14-24-12-21(28)25-10-20(23(30)31)11-26-22(29)13-27(15-42(33-8-2)37-18(5)38-42)16-43(34-9-3)39-19(6)40-43/h17-20,24,41-43H,7-16H2,1-6H3,(H,25,28)(H,26,29)(H,30,31). The number of aliphatic carboxylic acids is 1. The number of hydrogen-bond donors (Lipinski definition) is 4. The molecule has 0 saturated carbocycles. The van der Waals surface area contributed by atoms with Gasteiger partial charge in [0.2, 0.25) is 0 Å². The Labute approximate surface area is 253 Å². The Hall–Kier alpha value is -0.740. The van der Waals surface area contributed by atoms with Crippen LogP contribution < -0.4 is 16.0 Å². The van der Waals surface area contributed by atoms with Crippen LogP contribution >= 0.6 is 23.8 Å². The van der Waals surface area contributed by atoms with E-state index < -0.39 is 60.1 Å². The van der Waals surface area contributed by atoms with Gasteiger partial charge in [0.25, 0.3) is 0 Å². The van der Waals surface area contributed by atoms with Gasteiger partial charge in [0.1, 0.15) is 0 Å². The van der Waals surface area contributed by atoms with Crippen molar-refractivity contribution in [1.82, 2.24) is 20.9 Å². The zero-order valence-corrected chi connectivity index (χ0v) is 28.7. The summed E-state index contributed by atoms with van der Waals surface area (Å²) in [4.78, 5) is 38.9. The van der Waals surface area contributed by atoms with Gasteiger partial charge in [0.05, 0.1) is 0 Å². The zero-order valence-electron chi connectivity index (χ0n) is 25.7. The molecule has 1 atom stereocenters. The van der Waals surface area contributed by atoms with Crippen molar-refractivity contribution < 1.29 is 60.2 Å². The number of carboxylic acids is 1. The van der Waals surface area contributed by atoms with Gasteiger partial charge in [0, 0.05) is 0 Å². The van der Waals surface area contributed by atoms with Gasteiger partial charge in [-0.2, -0.15) is 0 Å². The minimum absolute atomic E-state index is 0.0843. The van der Waals surface area contributed by atoms with Crippen molar-refractivity contribution in [2.45, 2.75) is 60.4 Å². The predicted octanol–water partition coefficient (Wildman–Crippen LogP) is 1.46. The van der Waals surface area contributed by atoms with Crippen LogP contribution in [0.5, 0.6) is 0 Å². The van der Waals surface area contributed by atoms with Crippen molar-refractivity contribution in [3.63, 3.8) is 0 Å². The number of carbonyl (C=O) groups is 3. The van der Waals surface area contributed by atoms with Crippen LogP contribution in [0.1, 0.15) is 41.5 Å². The molecule has 0 spiro atoms. The monoisotopic (exact) mass is 682 g/mol. The number of carboxylic acid groups (broad SMARTS) is 1. The van der Waals surface area contributed by atoms with Gasteiger partial charge >= 0.3 is 254 Å². The average Bonchev–Trinajstić information content (AvgIpc) is 2.86. The van der Waals surface area contributed by atoms with Gasteiger partial charge in [-0.3, -0.25) is 0 Å². The van der Waals surface area contributed by atoms with E-state index in [1.165, 1.54) is 0 Å². The van der Waals surface area contributed by atoms with Crippen LogP contribution in [0.4, 0.5) is 0 Å². The summed E-state index contributed by atoms with van der Waals surface area (Å²) in [5, 5.41) is 17.8. The molecule has 3 aliphatic rings. The maximum atomic E-state index is 13.0. The summed E-state index contributed by atoms with van der Waals surface area (Å²) in [5.41, 5.74) is 0. The third-order valence-electron chi connectivity index (χ3n) is 6.44. The molecule has 3 heterocycles. The molecule has 17 nitrogen and oxygen atoms in total. The molecule has 4 N–H and O–H groups in total. The molecular formula is C23H49N4O13P3. The van der Waals surface area contributed by atoms with E-state index in [1.807, 2.05) is 20.8 Å². The summed E-state index contributed by atoms with van der Waals surface area (Å²) in [5.74, 6) is -3.09. The molecule has 0 bridgehead atoms. The SMILES string of the molecule is CCO[PH]1(CNCC(=O)NCC(CNC(=O)CN(C[PH]2(OCC)OC(C)O2)C[PH]2(OCC)OC(C)O2)C(=O)O)OC(C)O1. The van der Waals surface area contributed by atoms with Crippen LogP contribution in [-0.4, -0.2) is 112 Å². The van der Waals surface area contributed by atoms with E-state index in [0.717, 1.165) is 0 Å². The maximum absolute atomic E-state index is 13.0. The van der Waals surface area contributed by atoms with Crippen LogP contribution in [0.15, 0.2) is 0 Å². The summed E-state index contributed by atoms with van der Waals surface area (Å²) in [7, 11) is -8.90. The van der Waals surface area contributed by atoms with E-state index in [0.29, 0.717) is 19.8 Å². The third-order valence-corrected chi connectivity index (χ3v) is 15.1. The molecule has 0 aromatic heterocycles. The van der Waals surface area contributed by atoms with Crippen molar-refractivity contribution in [2.24, 2.45) is 5.92 Å². The summed E-state index contributed by atoms with van der Waals surface area (Å²) in [6, 6.07) is 0. The molecule has 0 aromatic carbocycles. The van der Waals surface area contributed by atoms with E-state index in [2.05, 4.69) is 16.0 Å². The van der Waals surface area contributed by atoms with Gasteiger partial charge in [-0.05, 0) is 0 Å². The topological polar surface area (TPSA) is 194 Å². The molecule has 20 heteroatoms. The van der Waals surface area contributed by atoms with Crippen molar-refractivity contribution in [2.75, 3.05) is 64.9 Å². The number of nitrogens with one attached hydrogen (secondary N) is 3. The van der Waals surface area contributed by atoms with Crippen LogP contribution in [0.2, 0.25) is 0 Å². The molecule has 254 valence electrons. The first-order chi connectivity index (χ1) is 20.4. The van der Waals surface area contributed by atoms with Crippen molar-refractivity contribution in [3.05, 3.63) is 0 Å². The number of rotatable bonds is 21. The molecule has 43 heavy (non-hydrogen) atoms. The summed E-state index contributed by atoms with van der Waals surface area (Å²) in [6.45, 7) is 11.3. The summed E-state index contributed by atoms with van der Waals surface area (Å²) >= 11 is 0. The first-order valence-electron chi connectivity index (χ1n) is 14.5. The number of nitrogens with zero attached hydrogens (tertiary/aromatic N) is 1. The second-order valence-electron chi connectivity index (χ2n) is 10.2. The molecule has 1 unspecified atom stereocenters. The molecule has 0 radical (unpaired) electrons. The molecule has 3 aliphatic heterocycles. The molecule has 3 rings (SSSR count). The van der Waals surface area contributed by atoms with E-state index in [-0.39, 0.29) is 51.3 Å². The number of carbonyl (C=O) groups excluding carboxylic acids is 2. The van der Waals surface area contributed by atoms with Gasteiger partial charge in [0.15, 0.2) is 0 Å². The van der Waals surface area contributed by atoms with E-state index >= 15 is 0 Å². The Bertz CT molecular complexity index is 890. The molecule has 2 amide bonds. The number of hydrogen-bond acceptors (Lipinski definition) is 14. The molecule has 0 aliphatic carbocycles. The van der Waals surface area contributed by atoms with Gasteiger partial charge in [-0.1, -0.05) is 0 Å². The van der Waals surface area contributed by atoms with Crippen LogP contribution in [0.3, 0.4) is 0 Å². The fraction of sp³-hybridized carbons (Fsp3) is 0.870. The first kappa shape index (κ1) is 36.7. The summed E-state index contributed by atoms with van der Waals surface area (Å²) < 4.78 is 51.9. The second kappa shape index (κ2) is 16.7. The molecular weight excluding hydrogens is 633 g/mol. The second-order valence-corrected chi connectivity index (χ2v) is 17.5. The Kier molecular flexibility index (Phi) is 14.3. The Balaban J connectivity index is 1.49. The molecule has 0 aromatic rings. The average molecular weight is 683 g/mol. The fourth-order valence-electron chi connectivity index (χ4n) is 4.87. The predicted molar refractivity (Wildman–Crippen MR) is 161 cm³/mol. The normalized spacial score (nSPS) is 27.8. The summed E-state index contributed by atoms with van der Waals surface area (Å²) in [6.07, 6.45) is -0.550. The van der Waals surface area contributed by atoms with E-state index in [9.17, 15) is 19.5 Å². The quantitative estimate of drug-likeness (QED) is 0.127. The number of amides is 2. The van der Waals surface area contributed by atoms with Gasteiger partial charge in [-0.15, -0.1) is 0 Å². The van der Waals surface area contributed by atoms with Crippen LogP contribution in [-0.2, 0) is 55.1 Å².